The van der Waals surface area contributed by atoms with Crippen LogP contribution in [0.4, 0.5) is 13.2 Å². The Morgan fingerprint density at radius 2 is 2.04 bits per heavy atom. The van der Waals surface area contributed by atoms with Crippen molar-refractivity contribution in [1.29, 1.82) is 0 Å². The van der Waals surface area contributed by atoms with Gasteiger partial charge in [0.05, 0.1) is 0 Å². The zero-order valence-electron chi connectivity index (χ0n) is 15.4. The molecule has 1 N–H and O–H groups in total. The lowest BCUT2D eigenvalue weighted by Gasteiger charge is -2.25. The molecule has 5 nitrogen and oxygen atoms in total. The number of aliphatic imine (C=N–C) groups is 1. The standard InChI is InChI=1S/C18H25F3N4O.HI/c1-22-16(25-9-8-17(12-25)6-2-3-7-17)24-11-14-4-5-15(23-10-14)26-13-18(19,20)21;/h4-5,10H,2-3,6-9,11-13H2,1H3,(H,22,24);1H. The number of hydrogen-bond acceptors (Lipinski definition) is 3. The van der Waals surface area contributed by atoms with Crippen LogP contribution in [0.15, 0.2) is 23.3 Å². The van der Waals surface area contributed by atoms with Crippen LogP contribution in [-0.4, -0.2) is 48.8 Å². The van der Waals surface area contributed by atoms with Crippen molar-refractivity contribution in [3.05, 3.63) is 23.9 Å². The first kappa shape index (κ1) is 22.0. The highest BCUT2D eigenvalue weighted by Crippen LogP contribution is 2.45. The third-order valence-electron chi connectivity index (χ3n) is 5.25. The molecule has 9 heteroatoms. The molecule has 1 aliphatic heterocycles. The minimum absolute atomic E-state index is 0. The summed E-state index contributed by atoms with van der Waals surface area (Å²) in [6, 6.07) is 3.16. The maximum absolute atomic E-state index is 12.1. The highest BCUT2D eigenvalue weighted by atomic mass is 127. The number of aromatic nitrogens is 1. The lowest BCUT2D eigenvalue weighted by atomic mass is 9.86. The molecule has 152 valence electrons. The molecule has 1 aromatic rings. The van der Waals surface area contributed by atoms with Gasteiger partial charge in [0, 0.05) is 38.9 Å². The molecule has 0 unspecified atom stereocenters. The molecule has 0 atom stereocenters. The molecule has 1 aromatic heterocycles. The second kappa shape index (κ2) is 9.29. The summed E-state index contributed by atoms with van der Waals surface area (Å²) in [5.74, 6) is 0.837. The molecule has 0 aromatic carbocycles. The molecular formula is C18H26F3IN4O. The van der Waals surface area contributed by atoms with Gasteiger partial charge in [-0.15, -0.1) is 24.0 Å². The molecule has 0 amide bonds. The third-order valence-corrected chi connectivity index (χ3v) is 5.25. The van der Waals surface area contributed by atoms with Gasteiger partial charge in [0.2, 0.25) is 5.88 Å². The van der Waals surface area contributed by atoms with Crippen LogP contribution in [-0.2, 0) is 6.54 Å². The minimum Gasteiger partial charge on any atom is -0.468 e. The Morgan fingerprint density at radius 3 is 2.63 bits per heavy atom. The Bertz CT molecular complexity index is 630. The average molecular weight is 498 g/mol. The fourth-order valence-corrected chi connectivity index (χ4v) is 3.92. The summed E-state index contributed by atoms with van der Waals surface area (Å²) < 4.78 is 41.1. The molecule has 1 spiro atoms. The predicted molar refractivity (Wildman–Crippen MR) is 108 cm³/mol. The number of pyridine rings is 1. The van der Waals surface area contributed by atoms with Gasteiger partial charge in [-0.3, -0.25) is 4.99 Å². The van der Waals surface area contributed by atoms with Crippen molar-refractivity contribution in [3.63, 3.8) is 0 Å². The van der Waals surface area contributed by atoms with Gasteiger partial charge in [-0.1, -0.05) is 18.9 Å². The van der Waals surface area contributed by atoms with Gasteiger partial charge >= 0.3 is 6.18 Å². The van der Waals surface area contributed by atoms with E-state index in [1.165, 1.54) is 44.4 Å². The van der Waals surface area contributed by atoms with Crippen LogP contribution in [0.2, 0.25) is 0 Å². The fourth-order valence-electron chi connectivity index (χ4n) is 3.92. The molecule has 3 rings (SSSR count). The van der Waals surface area contributed by atoms with Gasteiger partial charge in [-0.05, 0) is 30.2 Å². The van der Waals surface area contributed by atoms with Crippen molar-refractivity contribution in [2.75, 3.05) is 26.7 Å². The number of nitrogens with zero attached hydrogens (tertiary/aromatic N) is 3. The van der Waals surface area contributed by atoms with Gasteiger partial charge in [0.1, 0.15) is 0 Å². The topological polar surface area (TPSA) is 49.8 Å². The summed E-state index contributed by atoms with van der Waals surface area (Å²) in [4.78, 5) is 10.6. The first-order chi connectivity index (χ1) is 12.4. The fraction of sp³-hybridized carbons (Fsp3) is 0.667. The third kappa shape index (κ3) is 6.11. The van der Waals surface area contributed by atoms with Crippen LogP contribution in [0.5, 0.6) is 5.88 Å². The molecule has 0 radical (unpaired) electrons. The number of hydrogen-bond donors (Lipinski definition) is 1. The van der Waals surface area contributed by atoms with Gasteiger partial charge in [-0.2, -0.15) is 13.2 Å². The van der Waals surface area contributed by atoms with Crippen molar-refractivity contribution in [3.8, 4) is 5.88 Å². The summed E-state index contributed by atoms with van der Waals surface area (Å²) >= 11 is 0. The van der Waals surface area contributed by atoms with Gasteiger partial charge in [-0.25, -0.2) is 4.98 Å². The minimum atomic E-state index is -4.36. The van der Waals surface area contributed by atoms with E-state index in [0.29, 0.717) is 12.0 Å². The smallest absolute Gasteiger partial charge is 0.422 e. The Morgan fingerprint density at radius 1 is 1.30 bits per heavy atom. The molecule has 1 aliphatic carbocycles. The van der Waals surface area contributed by atoms with Crippen LogP contribution in [0.25, 0.3) is 0 Å². The van der Waals surface area contributed by atoms with Crippen molar-refractivity contribution in [2.45, 2.75) is 44.8 Å². The summed E-state index contributed by atoms with van der Waals surface area (Å²) in [5, 5.41) is 3.32. The first-order valence-electron chi connectivity index (χ1n) is 8.99. The van der Waals surface area contributed by atoms with E-state index in [1.807, 2.05) is 0 Å². The number of nitrogens with one attached hydrogen (secondary N) is 1. The lowest BCUT2D eigenvalue weighted by Crippen LogP contribution is -2.40. The van der Waals surface area contributed by atoms with E-state index in [2.05, 4.69) is 24.9 Å². The van der Waals surface area contributed by atoms with Crippen molar-refractivity contribution in [2.24, 2.45) is 10.4 Å². The number of alkyl halides is 3. The second-order valence-electron chi connectivity index (χ2n) is 7.19. The van der Waals surface area contributed by atoms with Crippen LogP contribution >= 0.6 is 24.0 Å². The van der Waals surface area contributed by atoms with E-state index in [0.717, 1.165) is 24.6 Å². The summed E-state index contributed by atoms with van der Waals surface area (Å²) in [6.45, 7) is 1.25. The Hall–Kier alpha value is -1.26. The first-order valence-corrected chi connectivity index (χ1v) is 8.99. The highest BCUT2D eigenvalue weighted by molar-refractivity contribution is 14.0. The van der Waals surface area contributed by atoms with Crippen molar-refractivity contribution >= 4 is 29.9 Å². The van der Waals surface area contributed by atoms with Gasteiger partial charge in [0.25, 0.3) is 0 Å². The summed E-state index contributed by atoms with van der Waals surface area (Å²) in [5.41, 5.74) is 1.33. The number of likely N-dealkylation sites (tertiary alicyclic amines) is 1. The van der Waals surface area contributed by atoms with Crippen molar-refractivity contribution < 1.29 is 17.9 Å². The van der Waals surface area contributed by atoms with E-state index in [4.69, 9.17) is 0 Å². The van der Waals surface area contributed by atoms with E-state index in [-0.39, 0.29) is 29.9 Å². The van der Waals surface area contributed by atoms with E-state index in [9.17, 15) is 13.2 Å². The largest absolute Gasteiger partial charge is 0.468 e. The molecule has 27 heavy (non-hydrogen) atoms. The SMILES string of the molecule is CN=C(NCc1ccc(OCC(F)(F)F)nc1)N1CCC2(CCCC2)C1.I. The summed E-state index contributed by atoms with van der Waals surface area (Å²) in [6.07, 6.45) is 3.66. The van der Waals surface area contributed by atoms with E-state index in [1.54, 1.807) is 13.1 Å². The quantitative estimate of drug-likeness (QED) is 0.388. The van der Waals surface area contributed by atoms with Crippen LogP contribution < -0.4 is 10.1 Å². The number of ether oxygens (including phenoxy) is 1. The number of rotatable bonds is 4. The number of guanidine groups is 1. The molecular weight excluding hydrogens is 472 g/mol. The monoisotopic (exact) mass is 498 g/mol. The van der Waals surface area contributed by atoms with Gasteiger partial charge in [0.15, 0.2) is 12.6 Å². The second-order valence-corrected chi connectivity index (χ2v) is 7.19. The Kier molecular flexibility index (Phi) is 7.58. The Balaban J connectivity index is 0.00000261. The molecule has 1 saturated heterocycles. The van der Waals surface area contributed by atoms with Crippen LogP contribution in [0.1, 0.15) is 37.7 Å². The number of halogens is 4. The normalized spacial score (nSPS) is 19.3. The maximum Gasteiger partial charge on any atom is 0.422 e. The van der Waals surface area contributed by atoms with Crippen LogP contribution in [0, 0.1) is 5.41 Å². The Labute approximate surface area is 174 Å². The van der Waals surface area contributed by atoms with E-state index >= 15 is 0 Å². The molecule has 2 fully saturated rings. The molecule has 2 aliphatic rings. The predicted octanol–water partition coefficient (Wildman–Crippen LogP) is 3.98. The zero-order valence-corrected chi connectivity index (χ0v) is 17.7. The lowest BCUT2D eigenvalue weighted by molar-refractivity contribution is -0.154. The van der Waals surface area contributed by atoms with E-state index < -0.39 is 12.8 Å². The molecule has 0 bridgehead atoms. The van der Waals surface area contributed by atoms with Crippen molar-refractivity contribution in [1.82, 2.24) is 15.2 Å². The summed E-state index contributed by atoms with van der Waals surface area (Å²) in [7, 11) is 1.77. The zero-order chi connectivity index (χ0) is 18.6. The molecule has 1 saturated carbocycles. The molecule has 2 heterocycles. The van der Waals surface area contributed by atoms with Crippen LogP contribution in [0.3, 0.4) is 0 Å². The maximum atomic E-state index is 12.1. The average Bonchev–Trinajstić information content (AvgIpc) is 3.24. The van der Waals surface area contributed by atoms with Gasteiger partial charge < -0.3 is 15.0 Å². The highest BCUT2D eigenvalue weighted by Gasteiger charge is 2.41.